The van der Waals surface area contributed by atoms with Gasteiger partial charge in [0.05, 0.1) is 17.5 Å². The molecule has 174 valence electrons. The minimum Gasteiger partial charge on any atom is -0.433 e. The summed E-state index contributed by atoms with van der Waals surface area (Å²) in [7, 11) is 0. The molecule has 0 radical (unpaired) electrons. The van der Waals surface area contributed by atoms with Crippen LogP contribution in [0.25, 0.3) is 11.0 Å². The Morgan fingerprint density at radius 3 is 2.78 bits per heavy atom. The molecular formula is C23H32N4O5. The maximum absolute atomic E-state index is 12.9. The standard InChI is InChI=1S/C23H32N4O5/c1-5-31-23-18(13-21(29)32-23)26-22(30)16(14(2)3)12-20(28)24-10-11-27-15(4)25-17-8-6-7-9-19(17)27/h6-9,14,16,18,23H,5,10-13H2,1-4H3,(H,24,28)(H,26,30). The number of para-hydroxylation sites is 2. The predicted octanol–water partition coefficient (Wildman–Crippen LogP) is 1.92. The first-order valence-corrected chi connectivity index (χ1v) is 11.1. The zero-order chi connectivity index (χ0) is 23.3. The number of carbonyl (C=O) groups excluding carboxylic acids is 3. The number of esters is 1. The van der Waals surface area contributed by atoms with Crippen molar-refractivity contribution in [3.63, 3.8) is 0 Å². The Morgan fingerprint density at radius 1 is 1.31 bits per heavy atom. The van der Waals surface area contributed by atoms with Crippen molar-refractivity contribution in [3.8, 4) is 0 Å². The monoisotopic (exact) mass is 444 g/mol. The fraction of sp³-hybridized carbons (Fsp3) is 0.565. The second-order valence-corrected chi connectivity index (χ2v) is 8.34. The van der Waals surface area contributed by atoms with E-state index in [0.29, 0.717) is 19.7 Å². The summed E-state index contributed by atoms with van der Waals surface area (Å²) in [4.78, 5) is 41.6. The average molecular weight is 445 g/mol. The molecule has 9 heteroatoms. The van der Waals surface area contributed by atoms with E-state index in [1.54, 1.807) is 6.92 Å². The van der Waals surface area contributed by atoms with Gasteiger partial charge in [0, 0.05) is 32.0 Å². The number of hydrogen-bond donors (Lipinski definition) is 2. The number of benzene rings is 1. The van der Waals surface area contributed by atoms with Gasteiger partial charge in [-0.3, -0.25) is 14.4 Å². The van der Waals surface area contributed by atoms with Gasteiger partial charge in [-0.1, -0.05) is 26.0 Å². The first kappa shape index (κ1) is 23.7. The van der Waals surface area contributed by atoms with E-state index in [1.165, 1.54) is 0 Å². The second kappa shape index (κ2) is 10.6. The van der Waals surface area contributed by atoms with E-state index >= 15 is 0 Å². The number of nitrogens with one attached hydrogen (secondary N) is 2. The first-order chi connectivity index (χ1) is 15.3. The van der Waals surface area contributed by atoms with E-state index in [2.05, 4.69) is 20.2 Å². The highest BCUT2D eigenvalue weighted by Crippen LogP contribution is 2.20. The molecule has 0 saturated carbocycles. The number of imidazole rings is 1. The van der Waals surface area contributed by atoms with Crippen molar-refractivity contribution in [2.24, 2.45) is 11.8 Å². The zero-order valence-electron chi connectivity index (χ0n) is 19.1. The summed E-state index contributed by atoms with van der Waals surface area (Å²) in [6, 6.07) is 7.33. The number of rotatable bonds is 10. The summed E-state index contributed by atoms with van der Waals surface area (Å²) in [5.74, 6) is -0.569. The van der Waals surface area contributed by atoms with Gasteiger partial charge >= 0.3 is 5.97 Å². The molecule has 2 aromatic rings. The van der Waals surface area contributed by atoms with E-state index < -0.39 is 24.2 Å². The van der Waals surface area contributed by atoms with Crippen LogP contribution in [0.1, 0.15) is 39.4 Å². The summed E-state index contributed by atoms with van der Waals surface area (Å²) in [5, 5.41) is 5.75. The third kappa shape index (κ3) is 5.64. The van der Waals surface area contributed by atoms with E-state index in [9.17, 15) is 14.4 Å². The smallest absolute Gasteiger partial charge is 0.310 e. The summed E-state index contributed by atoms with van der Waals surface area (Å²) in [6.07, 6.45) is -0.661. The lowest BCUT2D eigenvalue weighted by atomic mass is 9.91. The molecule has 1 aromatic heterocycles. The molecule has 32 heavy (non-hydrogen) atoms. The van der Waals surface area contributed by atoms with Crippen LogP contribution in [0.5, 0.6) is 0 Å². The number of hydrogen-bond acceptors (Lipinski definition) is 6. The van der Waals surface area contributed by atoms with Gasteiger partial charge in [0.1, 0.15) is 11.9 Å². The normalized spacial score (nSPS) is 19.2. The van der Waals surface area contributed by atoms with Crippen LogP contribution in [0.4, 0.5) is 0 Å². The predicted molar refractivity (Wildman–Crippen MR) is 118 cm³/mol. The van der Waals surface area contributed by atoms with Crippen LogP contribution >= 0.6 is 0 Å². The molecule has 0 aliphatic carbocycles. The topological polar surface area (TPSA) is 112 Å². The SMILES string of the molecule is CCOC1OC(=O)CC1NC(=O)C(CC(=O)NCCn1c(C)nc2ccccc21)C(C)C. The van der Waals surface area contributed by atoms with Crippen molar-refractivity contribution >= 4 is 28.8 Å². The fourth-order valence-corrected chi connectivity index (χ4v) is 3.95. The number of nitrogens with zero attached hydrogens (tertiary/aromatic N) is 2. The second-order valence-electron chi connectivity index (χ2n) is 8.34. The molecule has 1 aliphatic heterocycles. The van der Waals surface area contributed by atoms with Gasteiger partial charge in [-0.15, -0.1) is 0 Å². The fourth-order valence-electron chi connectivity index (χ4n) is 3.95. The number of ether oxygens (including phenoxy) is 2. The van der Waals surface area contributed by atoms with Crippen molar-refractivity contribution in [2.75, 3.05) is 13.2 Å². The highest BCUT2D eigenvalue weighted by atomic mass is 16.7. The van der Waals surface area contributed by atoms with E-state index in [4.69, 9.17) is 9.47 Å². The highest BCUT2D eigenvalue weighted by Gasteiger charge is 2.38. The van der Waals surface area contributed by atoms with Crippen molar-refractivity contribution in [2.45, 2.75) is 59.4 Å². The van der Waals surface area contributed by atoms with Crippen molar-refractivity contribution in [1.82, 2.24) is 20.2 Å². The van der Waals surface area contributed by atoms with Gasteiger partial charge in [0.2, 0.25) is 18.1 Å². The molecule has 3 unspecified atom stereocenters. The molecule has 1 aromatic carbocycles. The number of aryl methyl sites for hydroxylation is 1. The molecule has 2 amide bonds. The molecule has 0 spiro atoms. The van der Waals surface area contributed by atoms with E-state index in [0.717, 1.165) is 16.9 Å². The molecule has 1 fully saturated rings. The summed E-state index contributed by atoms with van der Waals surface area (Å²) < 4.78 is 12.6. The summed E-state index contributed by atoms with van der Waals surface area (Å²) in [5.41, 5.74) is 1.95. The van der Waals surface area contributed by atoms with Crippen LogP contribution in [-0.4, -0.2) is 52.8 Å². The van der Waals surface area contributed by atoms with Crippen molar-refractivity contribution in [1.29, 1.82) is 0 Å². The maximum Gasteiger partial charge on any atom is 0.310 e. The zero-order valence-corrected chi connectivity index (χ0v) is 19.1. The van der Waals surface area contributed by atoms with E-state index in [1.807, 2.05) is 45.0 Å². The molecule has 1 saturated heterocycles. The molecular weight excluding hydrogens is 412 g/mol. The molecule has 3 atom stereocenters. The van der Waals surface area contributed by atoms with Gasteiger partial charge < -0.3 is 24.7 Å². The first-order valence-electron chi connectivity index (χ1n) is 11.1. The highest BCUT2D eigenvalue weighted by molar-refractivity contribution is 5.86. The van der Waals surface area contributed by atoms with Crippen LogP contribution in [0.15, 0.2) is 24.3 Å². The number of carbonyl (C=O) groups is 3. The largest absolute Gasteiger partial charge is 0.433 e. The molecule has 2 N–H and O–H groups in total. The Morgan fingerprint density at radius 2 is 2.06 bits per heavy atom. The number of aromatic nitrogens is 2. The number of cyclic esters (lactones) is 1. The minimum absolute atomic E-state index is 0.0517. The molecule has 9 nitrogen and oxygen atoms in total. The number of fused-ring (bicyclic) bond motifs is 1. The van der Waals surface area contributed by atoms with Crippen LogP contribution in [0, 0.1) is 18.8 Å². The van der Waals surface area contributed by atoms with Gasteiger partial charge in [0.15, 0.2) is 0 Å². The maximum atomic E-state index is 12.9. The van der Waals surface area contributed by atoms with Crippen molar-refractivity contribution in [3.05, 3.63) is 30.1 Å². The van der Waals surface area contributed by atoms with Crippen LogP contribution in [-0.2, 0) is 30.4 Å². The Labute approximate surface area is 187 Å². The number of amides is 2. The average Bonchev–Trinajstić information content (AvgIpc) is 3.24. The van der Waals surface area contributed by atoms with Gasteiger partial charge in [-0.2, -0.15) is 0 Å². The molecule has 3 rings (SSSR count). The quantitative estimate of drug-likeness (QED) is 0.542. The lowest BCUT2D eigenvalue weighted by Crippen LogP contribution is -2.46. The molecule has 1 aliphatic rings. The van der Waals surface area contributed by atoms with Crippen molar-refractivity contribution < 1.29 is 23.9 Å². The lowest BCUT2D eigenvalue weighted by molar-refractivity contribution is -0.164. The Bertz CT molecular complexity index is 970. The van der Waals surface area contributed by atoms with Crippen LogP contribution in [0.2, 0.25) is 0 Å². The third-order valence-corrected chi connectivity index (χ3v) is 5.67. The minimum atomic E-state index is -0.786. The van der Waals surface area contributed by atoms with Gasteiger partial charge in [0.25, 0.3) is 0 Å². The molecule has 2 heterocycles. The van der Waals surface area contributed by atoms with Crippen LogP contribution in [0.3, 0.4) is 0 Å². The van der Waals surface area contributed by atoms with Gasteiger partial charge in [-0.05, 0) is 31.9 Å². The third-order valence-electron chi connectivity index (χ3n) is 5.67. The Kier molecular flexibility index (Phi) is 7.84. The van der Waals surface area contributed by atoms with Gasteiger partial charge in [-0.25, -0.2) is 4.98 Å². The summed E-state index contributed by atoms with van der Waals surface area (Å²) in [6.45, 7) is 8.92. The van der Waals surface area contributed by atoms with Crippen LogP contribution < -0.4 is 10.6 Å². The lowest BCUT2D eigenvalue weighted by Gasteiger charge is -2.24. The van der Waals surface area contributed by atoms with E-state index in [-0.39, 0.29) is 30.6 Å². The Hall–Kier alpha value is -2.94. The molecule has 0 bridgehead atoms. The summed E-state index contributed by atoms with van der Waals surface area (Å²) >= 11 is 0. The Balaban J connectivity index is 1.53.